The number of likely N-dealkylation sites (tertiary alicyclic amines) is 1. The molecule has 3 N–H and O–H groups in total. The van der Waals surface area contributed by atoms with Gasteiger partial charge >= 0.3 is 0 Å². The second-order valence-electron chi connectivity index (χ2n) is 8.72. The molecule has 1 aromatic heterocycles. The molecule has 7 heteroatoms. The van der Waals surface area contributed by atoms with Crippen LogP contribution in [0.2, 0.25) is 0 Å². The molecule has 2 aliphatic heterocycles. The number of anilines is 1. The van der Waals surface area contributed by atoms with Crippen molar-refractivity contribution in [2.24, 2.45) is 11.7 Å². The van der Waals surface area contributed by atoms with Crippen molar-refractivity contribution in [3.63, 3.8) is 0 Å². The van der Waals surface area contributed by atoms with E-state index in [1.807, 2.05) is 6.07 Å². The van der Waals surface area contributed by atoms with Crippen LogP contribution in [0, 0.1) is 5.92 Å². The lowest BCUT2D eigenvalue weighted by molar-refractivity contribution is -0.123. The van der Waals surface area contributed by atoms with E-state index < -0.39 is 0 Å². The molecule has 0 spiro atoms. The molecule has 4 rings (SSSR count). The summed E-state index contributed by atoms with van der Waals surface area (Å²) in [7, 11) is 0. The first-order valence-electron chi connectivity index (χ1n) is 11.2. The molecular weight excluding hydrogens is 392 g/mol. The van der Waals surface area contributed by atoms with Gasteiger partial charge in [0.1, 0.15) is 5.76 Å². The molecule has 31 heavy (non-hydrogen) atoms. The second kappa shape index (κ2) is 9.56. The predicted octanol–water partition coefficient (Wildman–Crippen LogP) is 2.55. The van der Waals surface area contributed by atoms with E-state index >= 15 is 0 Å². The molecule has 2 unspecified atom stereocenters. The maximum Gasteiger partial charge on any atom is 0.254 e. The van der Waals surface area contributed by atoms with Gasteiger partial charge in [0.05, 0.1) is 24.3 Å². The van der Waals surface area contributed by atoms with Crippen LogP contribution in [-0.4, -0.2) is 48.9 Å². The average molecular weight is 425 g/mol. The van der Waals surface area contributed by atoms with E-state index in [1.54, 1.807) is 12.3 Å². The number of nitrogens with zero attached hydrogens (tertiary/aromatic N) is 2. The molecule has 2 aromatic rings. The molecule has 0 aliphatic carbocycles. The van der Waals surface area contributed by atoms with Gasteiger partial charge < -0.3 is 25.3 Å². The largest absolute Gasteiger partial charge is 0.467 e. The third-order valence-corrected chi connectivity index (χ3v) is 6.50. The molecule has 1 aromatic carbocycles. The Labute approximate surface area is 183 Å². The van der Waals surface area contributed by atoms with Crippen LogP contribution in [0.5, 0.6) is 0 Å². The van der Waals surface area contributed by atoms with Crippen molar-refractivity contribution in [2.45, 2.75) is 45.2 Å². The summed E-state index contributed by atoms with van der Waals surface area (Å²) in [5.41, 5.74) is 8.60. The van der Waals surface area contributed by atoms with E-state index in [0.29, 0.717) is 30.5 Å². The average Bonchev–Trinajstić information content (AvgIpc) is 3.36. The Morgan fingerprint density at radius 1 is 1.26 bits per heavy atom. The Hall–Kier alpha value is -2.80. The first-order valence-corrected chi connectivity index (χ1v) is 11.2. The molecular formula is C24H32N4O3. The Kier molecular flexibility index (Phi) is 6.61. The lowest BCUT2D eigenvalue weighted by Gasteiger charge is -2.31. The Balaban J connectivity index is 1.28. The fraction of sp³-hybridized carbons (Fsp3) is 0.500. The van der Waals surface area contributed by atoms with Crippen molar-refractivity contribution < 1.29 is 14.0 Å². The predicted molar refractivity (Wildman–Crippen MR) is 120 cm³/mol. The van der Waals surface area contributed by atoms with Crippen molar-refractivity contribution in [3.8, 4) is 0 Å². The van der Waals surface area contributed by atoms with Gasteiger partial charge in [-0.25, -0.2) is 0 Å². The summed E-state index contributed by atoms with van der Waals surface area (Å²) in [6.07, 6.45) is 5.31. The van der Waals surface area contributed by atoms with E-state index in [4.69, 9.17) is 10.2 Å². The van der Waals surface area contributed by atoms with Crippen molar-refractivity contribution in [1.82, 2.24) is 10.2 Å². The van der Waals surface area contributed by atoms with Crippen LogP contribution < -0.4 is 16.0 Å². The number of carbonyl (C=O) groups is 2. The van der Waals surface area contributed by atoms with Gasteiger partial charge in [-0.3, -0.25) is 9.59 Å². The van der Waals surface area contributed by atoms with Crippen LogP contribution in [0.25, 0.3) is 0 Å². The van der Waals surface area contributed by atoms with E-state index in [-0.39, 0.29) is 17.7 Å². The minimum absolute atomic E-state index is 0.0464. The zero-order valence-corrected chi connectivity index (χ0v) is 18.2. The van der Waals surface area contributed by atoms with Crippen molar-refractivity contribution >= 4 is 17.5 Å². The number of hydrogen-bond donors (Lipinski definition) is 2. The molecule has 0 bridgehead atoms. The fourth-order valence-corrected chi connectivity index (χ4v) is 4.78. The van der Waals surface area contributed by atoms with Gasteiger partial charge in [-0.1, -0.05) is 18.2 Å². The van der Waals surface area contributed by atoms with Gasteiger partial charge in [-0.2, -0.15) is 0 Å². The Bertz CT molecular complexity index is 925. The van der Waals surface area contributed by atoms with E-state index in [2.05, 4.69) is 40.2 Å². The van der Waals surface area contributed by atoms with Crippen LogP contribution in [0.4, 0.5) is 5.69 Å². The number of primary amides is 1. The number of carbonyl (C=O) groups excluding carboxylic acids is 2. The number of amides is 2. The van der Waals surface area contributed by atoms with Crippen LogP contribution in [0.1, 0.15) is 47.9 Å². The number of nitrogens with one attached hydrogen (secondary N) is 1. The number of rotatable bonds is 8. The highest BCUT2D eigenvalue weighted by Crippen LogP contribution is 2.33. The normalized spacial score (nSPS) is 21.1. The highest BCUT2D eigenvalue weighted by Gasteiger charge is 2.28. The molecule has 0 radical (unpaired) electrons. The SMILES string of the molecule is CC1Cc2ccccc2N1Cc1occc1C(=O)NCCCN1CCCC(C(N)=O)C1. The summed E-state index contributed by atoms with van der Waals surface area (Å²) in [6, 6.07) is 10.5. The summed E-state index contributed by atoms with van der Waals surface area (Å²) in [6.45, 7) is 5.93. The van der Waals surface area contributed by atoms with Crippen LogP contribution in [0.15, 0.2) is 41.0 Å². The number of benzene rings is 1. The van der Waals surface area contributed by atoms with Gasteiger partial charge in [-0.05, 0) is 63.4 Å². The van der Waals surface area contributed by atoms with Gasteiger partial charge in [0, 0.05) is 24.8 Å². The van der Waals surface area contributed by atoms with Crippen molar-refractivity contribution in [3.05, 3.63) is 53.5 Å². The van der Waals surface area contributed by atoms with E-state index in [0.717, 1.165) is 45.3 Å². The Morgan fingerprint density at radius 3 is 2.94 bits per heavy atom. The van der Waals surface area contributed by atoms with E-state index in [1.165, 1.54) is 11.3 Å². The standard InChI is InChI=1S/C24H32N4O3/c1-17-14-18-6-2-3-8-21(18)28(17)16-22-20(9-13-31-22)24(30)26-10-5-12-27-11-4-7-19(15-27)23(25)29/h2-3,6,8-9,13,17,19H,4-5,7,10-12,14-16H2,1H3,(H2,25,29)(H,26,30). The van der Waals surface area contributed by atoms with Crippen LogP contribution >= 0.6 is 0 Å². The van der Waals surface area contributed by atoms with Gasteiger partial charge in [-0.15, -0.1) is 0 Å². The highest BCUT2D eigenvalue weighted by molar-refractivity contribution is 5.95. The smallest absolute Gasteiger partial charge is 0.254 e. The first kappa shape index (κ1) is 21.4. The van der Waals surface area contributed by atoms with Gasteiger partial charge in [0.2, 0.25) is 5.91 Å². The van der Waals surface area contributed by atoms with Crippen molar-refractivity contribution in [2.75, 3.05) is 31.1 Å². The summed E-state index contributed by atoms with van der Waals surface area (Å²) >= 11 is 0. The second-order valence-corrected chi connectivity index (χ2v) is 8.72. The number of piperidine rings is 1. The van der Waals surface area contributed by atoms with Gasteiger partial charge in [0.15, 0.2) is 0 Å². The number of hydrogen-bond acceptors (Lipinski definition) is 5. The fourth-order valence-electron chi connectivity index (χ4n) is 4.78. The minimum atomic E-state index is -0.208. The third-order valence-electron chi connectivity index (χ3n) is 6.50. The lowest BCUT2D eigenvalue weighted by Crippen LogP contribution is -2.42. The highest BCUT2D eigenvalue weighted by atomic mass is 16.3. The van der Waals surface area contributed by atoms with Crippen molar-refractivity contribution in [1.29, 1.82) is 0 Å². The molecule has 2 aliphatic rings. The lowest BCUT2D eigenvalue weighted by atomic mass is 9.97. The molecule has 0 saturated carbocycles. The summed E-state index contributed by atoms with van der Waals surface area (Å²) in [5, 5.41) is 3.02. The maximum atomic E-state index is 12.8. The zero-order valence-electron chi connectivity index (χ0n) is 18.2. The zero-order chi connectivity index (χ0) is 21.8. The first-order chi connectivity index (χ1) is 15.0. The van der Waals surface area contributed by atoms with E-state index in [9.17, 15) is 9.59 Å². The molecule has 1 saturated heterocycles. The van der Waals surface area contributed by atoms with Crippen LogP contribution in [0.3, 0.4) is 0 Å². The molecule has 3 heterocycles. The third kappa shape index (κ3) is 4.93. The topological polar surface area (TPSA) is 91.8 Å². The van der Waals surface area contributed by atoms with Crippen LogP contribution in [-0.2, 0) is 17.8 Å². The summed E-state index contributed by atoms with van der Waals surface area (Å²) < 4.78 is 5.69. The van der Waals surface area contributed by atoms with Gasteiger partial charge in [0.25, 0.3) is 5.91 Å². The number of para-hydroxylation sites is 1. The molecule has 7 nitrogen and oxygen atoms in total. The summed E-state index contributed by atoms with van der Waals surface area (Å²) in [4.78, 5) is 28.7. The molecule has 2 amide bonds. The quantitative estimate of drug-likeness (QED) is 0.636. The Morgan fingerprint density at radius 2 is 2.10 bits per heavy atom. The number of nitrogens with two attached hydrogens (primary N) is 1. The number of fused-ring (bicyclic) bond motifs is 1. The molecule has 2 atom stereocenters. The minimum Gasteiger partial charge on any atom is -0.467 e. The monoisotopic (exact) mass is 424 g/mol. The molecule has 166 valence electrons. The summed E-state index contributed by atoms with van der Waals surface area (Å²) in [5.74, 6) is 0.342. The molecule has 1 fully saturated rings. The maximum absolute atomic E-state index is 12.8. The number of furan rings is 1.